The van der Waals surface area contributed by atoms with Gasteiger partial charge >= 0.3 is 0 Å². The first-order valence-corrected chi connectivity index (χ1v) is 7.20. The Hall–Kier alpha value is -2.08. The van der Waals surface area contributed by atoms with Crippen LogP contribution in [0.25, 0.3) is 0 Å². The lowest BCUT2D eigenvalue weighted by molar-refractivity contribution is 0.174. The average Bonchev–Trinajstić information content (AvgIpc) is 3.02. The quantitative estimate of drug-likeness (QED) is 0.932. The number of aromatic amines is 1. The summed E-state index contributed by atoms with van der Waals surface area (Å²) >= 11 is 0. The lowest BCUT2D eigenvalue weighted by Crippen LogP contribution is -2.22. The van der Waals surface area contributed by atoms with Gasteiger partial charge in [-0.2, -0.15) is 5.10 Å². The van der Waals surface area contributed by atoms with Crippen LogP contribution in [0, 0.1) is 0 Å². The van der Waals surface area contributed by atoms with Gasteiger partial charge in [-0.25, -0.2) is 4.98 Å². The fourth-order valence-corrected chi connectivity index (χ4v) is 2.71. The molecule has 0 unspecified atom stereocenters. The van der Waals surface area contributed by atoms with Crippen molar-refractivity contribution in [3.8, 4) is 11.5 Å². The van der Waals surface area contributed by atoms with Crippen molar-refractivity contribution >= 4 is 0 Å². The molecule has 0 spiro atoms. The molecule has 2 aliphatic rings. The maximum atomic E-state index is 5.47. The number of benzene rings is 1. The summed E-state index contributed by atoms with van der Waals surface area (Å²) in [6, 6.07) is 6.01. The molecule has 1 aromatic heterocycles. The highest BCUT2D eigenvalue weighted by Gasteiger charge is 2.30. The van der Waals surface area contributed by atoms with Crippen molar-refractivity contribution in [3.05, 3.63) is 35.4 Å². The van der Waals surface area contributed by atoms with E-state index in [1.165, 1.54) is 12.8 Å². The summed E-state index contributed by atoms with van der Waals surface area (Å²) in [5.74, 6) is 3.98. The van der Waals surface area contributed by atoms with Crippen LogP contribution >= 0.6 is 0 Å². The second-order valence-electron chi connectivity index (χ2n) is 5.83. The van der Waals surface area contributed by atoms with E-state index in [2.05, 4.69) is 20.1 Å². The number of nitrogens with one attached hydrogen (secondary N) is 1. The highest BCUT2D eigenvalue weighted by atomic mass is 16.7. The molecule has 1 aromatic carbocycles. The summed E-state index contributed by atoms with van der Waals surface area (Å²) in [5.41, 5.74) is 1.10. The summed E-state index contributed by atoms with van der Waals surface area (Å²) in [4.78, 5) is 6.79. The second kappa shape index (κ2) is 4.73. The molecular weight excluding hydrogens is 268 g/mol. The van der Waals surface area contributed by atoms with Crippen molar-refractivity contribution in [2.75, 3.05) is 20.9 Å². The summed E-state index contributed by atoms with van der Waals surface area (Å²) < 4.78 is 10.8. The number of hydrogen-bond acceptors (Lipinski definition) is 5. The first kappa shape index (κ1) is 12.6. The van der Waals surface area contributed by atoms with E-state index < -0.39 is 0 Å². The Bertz CT molecular complexity index is 663. The van der Waals surface area contributed by atoms with Gasteiger partial charge in [0.1, 0.15) is 5.82 Å². The monoisotopic (exact) mass is 286 g/mol. The zero-order valence-electron chi connectivity index (χ0n) is 12.2. The van der Waals surface area contributed by atoms with Gasteiger partial charge in [-0.3, -0.25) is 10.00 Å². The minimum absolute atomic E-state index is 0.00301. The van der Waals surface area contributed by atoms with Gasteiger partial charge in [0.2, 0.25) is 6.79 Å². The standard InChI is InChI=1S/C15H18N4O2/c1-19(2)13(15-16-14(17-18-15)9-3-4-9)10-5-6-11-12(7-10)21-8-20-11/h5-7,9,13H,3-4,8H2,1-2H3,(H,16,17,18)/t13-/m1/s1. The molecule has 6 heteroatoms. The predicted molar refractivity (Wildman–Crippen MR) is 76.5 cm³/mol. The van der Waals surface area contributed by atoms with Gasteiger partial charge < -0.3 is 9.47 Å². The number of hydrogen-bond donors (Lipinski definition) is 1. The molecule has 21 heavy (non-hydrogen) atoms. The van der Waals surface area contributed by atoms with E-state index >= 15 is 0 Å². The van der Waals surface area contributed by atoms with E-state index in [9.17, 15) is 0 Å². The first-order valence-electron chi connectivity index (χ1n) is 7.20. The van der Waals surface area contributed by atoms with Gasteiger partial charge in [0.15, 0.2) is 17.3 Å². The SMILES string of the molecule is CN(C)[C@H](c1ccc2c(c1)OCO2)c1n[nH]c(C2CC2)n1. The fraction of sp³-hybridized carbons (Fsp3) is 0.467. The average molecular weight is 286 g/mol. The molecular formula is C15H18N4O2. The van der Waals surface area contributed by atoms with E-state index in [1.807, 2.05) is 32.3 Å². The molecule has 0 amide bonds. The molecule has 1 atom stereocenters. The first-order chi connectivity index (χ1) is 10.2. The van der Waals surface area contributed by atoms with E-state index in [0.717, 1.165) is 28.7 Å². The fourth-order valence-electron chi connectivity index (χ4n) is 2.71. The van der Waals surface area contributed by atoms with E-state index in [4.69, 9.17) is 9.47 Å². The second-order valence-corrected chi connectivity index (χ2v) is 5.83. The highest BCUT2D eigenvalue weighted by Crippen LogP contribution is 2.39. The molecule has 0 saturated heterocycles. The normalized spacial score (nSPS) is 18.2. The third kappa shape index (κ3) is 2.25. The highest BCUT2D eigenvalue weighted by molar-refractivity contribution is 5.46. The Kier molecular flexibility index (Phi) is 2.85. The van der Waals surface area contributed by atoms with Crippen molar-refractivity contribution in [2.24, 2.45) is 0 Å². The molecule has 2 aromatic rings. The summed E-state index contributed by atoms with van der Waals surface area (Å²) in [6.07, 6.45) is 2.43. The van der Waals surface area contributed by atoms with Crippen molar-refractivity contribution < 1.29 is 9.47 Å². The Morgan fingerprint density at radius 3 is 2.81 bits per heavy atom. The number of fused-ring (bicyclic) bond motifs is 1. The molecule has 1 aliphatic carbocycles. The van der Waals surface area contributed by atoms with Crippen molar-refractivity contribution in [2.45, 2.75) is 24.8 Å². The molecule has 110 valence electrons. The third-order valence-electron chi connectivity index (χ3n) is 3.96. The molecule has 0 radical (unpaired) electrons. The summed E-state index contributed by atoms with van der Waals surface area (Å²) in [6.45, 7) is 0.290. The third-order valence-corrected chi connectivity index (χ3v) is 3.96. The maximum absolute atomic E-state index is 5.47. The zero-order chi connectivity index (χ0) is 14.4. The Morgan fingerprint density at radius 1 is 1.24 bits per heavy atom. The van der Waals surface area contributed by atoms with Gasteiger partial charge in [0.05, 0.1) is 6.04 Å². The Balaban J connectivity index is 1.69. The largest absolute Gasteiger partial charge is 0.454 e. The molecule has 0 bridgehead atoms. The predicted octanol–water partition coefficient (Wildman–Crippen LogP) is 2.06. The number of nitrogens with zero attached hydrogens (tertiary/aromatic N) is 3. The molecule has 4 rings (SSSR count). The number of rotatable bonds is 4. The zero-order valence-corrected chi connectivity index (χ0v) is 12.2. The van der Waals surface area contributed by atoms with Gasteiger partial charge in [-0.1, -0.05) is 6.07 Å². The van der Waals surface area contributed by atoms with E-state index in [-0.39, 0.29) is 12.8 Å². The van der Waals surface area contributed by atoms with Crippen LogP contribution in [-0.2, 0) is 0 Å². The van der Waals surface area contributed by atoms with E-state index in [1.54, 1.807) is 0 Å². The van der Waals surface area contributed by atoms with Crippen LogP contribution in [0.5, 0.6) is 11.5 Å². The van der Waals surface area contributed by atoms with Crippen molar-refractivity contribution in [1.82, 2.24) is 20.1 Å². The number of H-pyrrole nitrogens is 1. The van der Waals surface area contributed by atoms with Gasteiger partial charge in [-0.05, 0) is 44.6 Å². The van der Waals surface area contributed by atoms with E-state index in [0.29, 0.717) is 5.92 Å². The van der Waals surface area contributed by atoms with Crippen LogP contribution < -0.4 is 9.47 Å². The van der Waals surface area contributed by atoms with Gasteiger partial charge in [0, 0.05) is 5.92 Å². The summed E-state index contributed by atoms with van der Waals surface area (Å²) in [7, 11) is 4.06. The molecule has 1 saturated carbocycles. The Morgan fingerprint density at radius 2 is 2.05 bits per heavy atom. The molecule has 6 nitrogen and oxygen atoms in total. The van der Waals surface area contributed by atoms with Crippen LogP contribution in [0.15, 0.2) is 18.2 Å². The molecule has 1 aliphatic heterocycles. The number of ether oxygens (including phenoxy) is 2. The maximum Gasteiger partial charge on any atom is 0.231 e. The Labute approximate surface area is 123 Å². The minimum atomic E-state index is 0.00301. The van der Waals surface area contributed by atoms with Crippen LogP contribution in [-0.4, -0.2) is 41.0 Å². The molecule has 1 N–H and O–H groups in total. The van der Waals surface area contributed by atoms with Crippen LogP contribution in [0.3, 0.4) is 0 Å². The van der Waals surface area contributed by atoms with Crippen molar-refractivity contribution in [1.29, 1.82) is 0 Å². The molecule has 2 heterocycles. The van der Waals surface area contributed by atoms with Gasteiger partial charge in [-0.15, -0.1) is 0 Å². The van der Waals surface area contributed by atoms with Crippen LogP contribution in [0.2, 0.25) is 0 Å². The van der Waals surface area contributed by atoms with Gasteiger partial charge in [0.25, 0.3) is 0 Å². The molecule has 1 fully saturated rings. The summed E-state index contributed by atoms with van der Waals surface area (Å²) in [5, 5.41) is 7.50. The topological polar surface area (TPSA) is 63.3 Å². The minimum Gasteiger partial charge on any atom is -0.454 e. The number of aromatic nitrogens is 3. The van der Waals surface area contributed by atoms with Crippen molar-refractivity contribution in [3.63, 3.8) is 0 Å². The van der Waals surface area contributed by atoms with Crippen LogP contribution in [0.1, 0.15) is 42.0 Å². The van der Waals surface area contributed by atoms with Crippen LogP contribution in [0.4, 0.5) is 0 Å². The lowest BCUT2D eigenvalue weighted by atomic mass is 10.0. The lowest BCUT2D eigenvalue weighted by Gasteiger charge is -2.22. The smallest absolute Gasteiger partial charge is 0.231 e.